The fourth-order valence-electron chi connectivity index (χ4n) is 1.74. The molecule has 2 N–H and O–H groups in total. The van der Waals surface area contributed by atoms with Crippen molar-refractivity contribution in [3.63, 3.8) is 0 Å². The number of halogens is 1. The summed E-state index contributed by atoms with van der Waals surface area (Å²) in [5.74, 6) is -0.242. The second-order valence-electron chi connectivity index (χ2n) is 3.87. The average molecular weight is 262 g/mol. The molecule has 0 radical (unpaired) electrons. The smallest absolute Gasteiger partial charge is 0.155 e. The molecule has 4 nitrogen and oxygen atoms in total. The van der Waals surface area contributed by atoms with Gasteiger partial charge in [-0.05, 0) is 12.1 Å². The molecule has 1 saturated heterocycles. The second kappa shape index (κ2) is 4.24. The molecule has 0 aliphatic carbocycles. The Kier molecular flexibility index (Phi) is 3.10. The summed E-state index contributed by atoms with van der Waals surface area (Å²) in [7, 11) is -3.13. The summed E-state index contributed by atoms with van der Waals surface area (Å²) in [6.07, 6.45) is -0.874. The molecule has 16 heavy (non-hydrogen) atoms. The number of aliphatic hydroxyl groups excluding tert-OH is 1. The molecule has 1 fully saturated rings. The zero-order valence-electron chi connectivity index (χ0n) is 8.43. The van der Waals surface area contributed by atoms with Crippen molar-refractivity contribution in [1.82, 2.24) is 0 Å². The van der Waals surface area contributed by atoms with Crippen molar-refractivity contribution in [3.8, 4) is 0 Å². The van der Waals surface area contributed by atoms with Crippen molar-refractivity contribution in [2.45, 2.75) is 12.1 Å². The van der Waals surface area contributed by atoms with Crippen molar-refractivity contribution in [2.24, 2.45) is 0 Å². The fourth-order valence-corrected chi connectivity index (χ4v) is 3.68. The van der Waals surface area contributed by atoms with Gasteiger partial charge in [-0.1, -0.05) is 23.7 Å². The number of aliphatic hydroxyl groups is 1. The molecular formula is C10H12ClNO3S. The average Bonchev–Trinajstić information content (AvgIpc) is 2.44. The maximum absolute atomic E-state index is 11.3. The minimum atomic E-state index is -3.13. The van der Waals surface area contributed by atoms with Crippen LogP contribution in [0.15, 0.2) is 24.3 Å². The van der Waals surface area contributed by atoms with Crippen LogP contribution in [0.3, 0.4) is 0 Å². The first-order chi connectivity index (χ1) is 7.48. The van der Waals surface area contributed by atoms with Crippen LogP contribution in [0.25, 0.3) is 0 Å². The summed E-state index contributed by atoms with van der Waals surface area (Å²) in [5, 5.41) is 13.1. The van der Waals surface area contributed by atoms with Crippen LogP contribution in [-0.2, 0) is 9.84 Å². The molecule has 1 aromatic rings. The van der Waals surface area contributed by atoms with Gasteiger partial charge in [0.1, 0.15) is 0 Å². The van der Waals surface area contributed by atoms with E-state index in [0.29, 0.717) is 10.7 Å². The van der Waals surface area contributed by atoms with Crippen LogP contribution in [-0.4, -0.2) is 37.2 Å². The monoisotopic (exact) mass is 261 g/mol. The van der Waals surface area contributed by atoms with E-state index >= 15 is 0 Å². The van der Waals surface area contributed by atoms with Gasteiger partial charge in [0.25, 0.3) is 0 Å². The lowest BCUT2D eigenvalue weighted by molar-refractivity contribution is 0.190. The molecule has 2 rings (SSSR count). The number of hydrogen-bond acceptors (Lipinski definition) is 4. The molecule has 0 amide bonds. The van der Waals surface area contributed by atoms with E-state index in [4.69, 9.17) is 11.6 Å². The second-order valence-corrected chi connectivity index (χ2v) is 6.44. The first kappa shape index (κ1) is 11.7. The third-order valence-corrected chi connectivity index (χ3v) is 4.58. The number of hydrogen-bond donors (Lipinski definition) is 2. The molecule has 1 aliphatic heterocycles. The lowest BCUT2D eigenvalue weighted by Gasteiger charge is -2.17. The number of nitrogens with one attached hydrogen (secondary N) is 1. The first-order valence-corrected chi connectivity index (χ1v) is 7.07. The Hall–Kier alpha value is -0.780. The lowest BCUT2D eigenvalue weighted by Crippen LogP contribution is -2.31. The topological polar surface area (TPSA) is 66.4 Å². The molecule has 2 atom stereocenters. The Morgan fingerprint density at radius 2 is 2.00 bits per heavy atom. The van der Waals surface area contributed by atoms with Gasteiger partial charge in [-0.15, -0.1) is 0 Å². The summed E-state index contributed by atoms with van der Waals surface area (Å²) in [5.41, 5.74) is 0.644. The summed E-state index contributed by atoms with van der Waals surface area (Å²) in [4.78, 5) is 0. The molecule has 1 aliphatic rings. The van der Waals surface area contributed by atoms with E-state index in [1.165, 1.54) is 0 Å². The van der Waals surface area contributed by atoms with Gasteiger partial charge in [-0.25, -0.2) is 8.42 Å². The third-order valence-electron chi connectivity index (χ3n) is 2.54. The Morgan fingerprint density at radius 3 is 2.56 bits per heavy atom. The number of para-hydroxylation sites is 1. The van der Waals surface area contributed by atoms with Crippen molar-refractivity contribution < 1.29 is 13.5 Å². The van der Waals surface area contributed by atoms with Gasteiger partial charge in [-0.3, -0.25) is 0 Å². The summed E-state index contributed by atoms with van der Waals surface area (Å²) in [6, 6.07) is 6.56. The molecule has 88 valence electrons. The highest BCUT2D eigenvalue weighted by atomic mass is 35.5. The molecular weight excluding hydrogens is 250 g/mol. The minimum Gasteiger partial charge on any atom is -0.390 e. The molecule has 0 saturated carbocycles. The van der Waals surface area contributed by atoms with Crippen LogP contribution in [0.5, 0.6) is 0 Å². The van der Waals surface area contributed by atoms with Crippen molar-refractivity contribution >= 4 is 27.1 Å². The standard InChI is InChI=1S/C10H12ClNO3S/c11-7-3-1-2-4-8(7)12-9-5-16(14,15)6-10(9)13/h1-4,9-10,12-13H,5-6H2/t9-,10+/m1/s1. The van der Waals surface area contributed by atoms with Crippen LogP contribution < -0.4 is 5.32 Å². The van der Waals surface area contributed by atoms with Crippen LogP contribution in [0.1, 0.15) is 0 Å². The van der Waals surface area contributed by atoms with Crippen molar-refractivity contribution in [3.05, 3.63) is 29.3 Å². The van der Waals surface area contributed by atoms with E-state index in [2.05, 4.69) is 5.32 Å². The van der Waals surface area contributed by atoms with Gasteiger partial charge in [0.05, 0.1) is 34.4 Å². The van der Waals surface area contributed by atoms with Crippen molar-refractivity contribution in [1.29, 1.82) is 0 Å². The number of benzene rings is 1. The highest BCUT2D eigenvalue weighted by Crippen LogP contribution is 2.24. The van der Waals surface area contributed by atoms with Gasteiger partial charge in [-0.2, -0.15) is 0 Å². The number of anilines is 1. The van der Waals surface area contributed by atoms with Gasteiger partial charge in [0.2, 0.25) is 0 Å². The molecule has 1 heterocycles. The number of rotatable bonds is 2. The third kappa shape index (κ3) is 2.48. The zero-order valence-corrected chi connectivity index (χ0v) is 10.0. The zero-order chi connectivity index (χ0) is 11.8. The summed E-state index contributed by atoms with van der Waals surface area (Å²) < 4.78 is 22.6. The maximum atomic E-state index is 11.3. The van der Waals surface area contributed by atoms with Gasteiger partial charge >= 0.3 is 0 Å². The van der Waals surface area contributed by atoms with E-state index in [0.717, 1.165) is 0 Å². The summed E-state index contributed by atoms with van der Waals surface area (Å²) in [6.45, 7) is 0. The van der Waals surface area contributed by atoms with Crippen LogP contribution >= 0.6 is 11.6 Å². The van der Waals surface area contributed by atoms with Gasteiger partial charge in [0.15, 0.2) is 9.84 Å². The van der Waals surface area contributed by atoms with Crippen molar-refractivity contribution in [2.75, 3.05) is 16.8 Å². The maximum Gasteiger partial charge on any atom is 0.155 e. The van der Waals surface area contributed by atoms with E-state index in [9.17, 15) is 13.5 Å². The Labute approximate surface area is 99.2 Å². The largest absolute Gasteiger partial charge is 0.390 e. The number of sulfone groups is 1. The van der Waals surface area contributed by atoms with E-state index in [1.807, 2.05) is 0 Å². The fraction of sp³-hybridized carbons (Fsp3) is 0.400. The molecule has 1 aromatic carbocycles. The van der Waals surface area contributed by atoms with Crippen LogP contribution in [0.2, 0.25) is 5.02 Å². The SMILES string of the molecule is O=S1(=O)C[C@H](O)[C@H](Nc2ccccc2Cl)C1. The molecule has 0 bridgehead atoms. The first-order valence-electron chi connectivity index (χ1n) is 4.87. The molecule has 0 aromatic heterocycles. The minimum absolute atomic E-state index is 0.0562. The Bertz CT molecular complexity index is 489. The highest BCUT2D eigenvalue weighted by molar-refractivity contribution is 7.91. The Morgan fingerprint density at radius 1 is 1.31 bits per heavy atom. The lowest BCUT2D eigenvalue weighted by atomic mass is 10.2. The predicted molar refractivity (Wildman–Crippen MR) is 63.5 cm³/mol. The quantitative estimate of drug-likeness (QED) is 0.831. The van der Waals surface area contributed by atoms with E-state index in [-0.39, 0.29) is 11.5 Å². The predicted octanol–water partition coefficient (Wildman–Crippen LogP) is 0.910. The molecule has 0 unspecified atom stereocenters. The Balaban J connectivity index is 2.15. The highest BCUT2D eigenvalue weighted by Gasteiger charge is 2.36. The normalized spacial score (nSPS) is 27.9. The molecule has 6 heteroatoms. The molecule has 0 spiro atoms. The van der Waals surface area contributed by atoms with Crippen LogP contribution in [0, 0.1) is 0 Å². The van der Waals surface area contributed by atoms with Gasteiger partial charge in [0, 0.05) is 0 Å². The van der Waals surface area contributed by atoms with E-state index in [1.54, 1.807) is 24.3 Å². The van der Waals surface area contributed by atoms with Gasteiger partial charge < -0.3 is 10.4 Å². The van der Waals surface area contributed by atoms with E-state index < -0.39 is 22.0 Å². The van der Waals surface area contributed by atoms with Crippen LogP contribution in [0.4, 0.5) is 5.69 Å². The summed E-state index contributed by atoms with van der Waals surface area (Å²) >= 11 is 5.93.